The second-order valence-electron chi connectivity index (χ2n) is 7.92. The molecule has 1 amide bonds. The average molecular weight is 452 g/mol. The van der Waals surface area contributed by atoms with Crippen molar-refractivity contribution in [3.05, 3.63) is 59.0 Å². The molecule has 166 valence electrons. The van der Waals surface area contributed by atoms with Gasteiger partial charge in [-0.25, -0.2) is 0 Å². The van der Waals surface area contributed by atoms with Crippen molar-refractivity contribution in [2.45, 2.75) is 25.9 Å². The second-order valence-corrected chi connectivity index (χ2v) is 9.01. The van der Waals surface area contributed by atoms with Gasteiger partial charge >= 0.3 is 0 Å². The fraction of sp³-hybridized carbons (Fsp3) is 0.320. The van der Waals surface area contributed by atoms with Gasteiger partial charge in [-0.3, -0.25) is 4.79 Å². The summed E-state index contributed by atoms with van der Waals surface area (Å²) in [6, 6.07) is 15.4. The number of carbonyl (C=O) groups excluding carboxylic acids is 1. The lowest BCUT2D eigenvalue weighted by Crippen LogP contribution is -2.18. The molecule has 3 heterocycles. The minimum absolute atomic E-state index is 0.116. The molecule has 0 spiro atoms. The van der Waals surface area contributed by atoms with E-state index in [9.17, 15) is 4.79 Å². The molecule has 1 saturated heterocycles. The maximum absolute atomic E-state index is 13.0. The highest BCUT2D eigenvalue weighted by atomic mass is 32.1. The molecule has 0 radical (unpaired) electrons. The fourth-order valence-electron chi connectivity index (χ4n) is 3.81. The van der Waals surface area contributed by atoms with Gasteiger partial charge in [0.15, 0.2) is 11.5 Å². The first-order chi connectivity index (χ1) is 15.7. The molecule has 1 N–H and O–H groups in total. The Kier molecular flexibility index (Phi) is 6.01. The summed E-state index contributed by atoms with van der Waals surface area (Å²) in [5, 5.41) is 3.01. The number of thiophene rings is 1. The number of rotatable bonds is 6. The molecule has 0 saturated carbocycles. The number of anilines is 1. The smallest absolute Gasteiger partial charge is 0.265 e. The summed E-state index contributed by atoms with van der Waals surface area (Å²) < 4.78 is 22.9. The van der Waals surface area contributed by atoms with Crippen LogP contribution in [0.5, 0.6) is 17.2 Å². The van der Waals surface area contributed by atoms with Crippen molar-refractivity contribution < 1.29 is 23.7 Å². The van der Waals surface area contributed by atoms with Gasteiger partial charge in [0.05, 0.1) is 16.7 Å². The van der Waals surface area contributed by atoms with Crippen LogP contribution < -0.4 is 19.5 Å². The molecule has 32 heavy (non-hydrogen) atoms. The van der Waals surface area contributed by atoms with Crippen LogP contribution in [0.4, 0.5) is 5.69 Å². The zero-order valence-corrected chi connectivity index (χ0v) is 18.7. The highest BCUT2D eigenvalue weighted by molar-refractivity contribution is 7.17. The van der Waals surface area contributed by atoms with E-state index in [1.54, 1.807) is 0 Å². The molecule has 0 bridgehead atoms. The predicted molar refractivity (Wildman–Crippen MR) is 124 cm³/mol. The first-order valence-corrected chi connectivity index (χ1v) is 11.6. The highest BCUT2D eigenvalue weighted by Crippen LogP contribution is 2.37. The van der Waals surface area contributed by atoms with E-state index in [-0.39, 0.29) is 12.0 Å². The first-order valence-electron chi connectivity index (χ1n) is 10.8. The Morgan fingerprint density at radius 3 is 2.78 bits per heavy atom. The van der Waals surface area contributed by atoms with E-state index in [0.29, 0.717) is 36.1 Å². The molecule has 5 rings (SSSR count). The van der Waals surface area contributed by atoms with Gasteiger partial charge in [0, 0.05) is 11.5 Å². The number of nitrogens with one attached hydrogen (secondary N) is 1. The number of carbonyl (C=O) groups is 1. The molecule has 1 aromatic heterocycles. The summed E-state index contributed by atoms with van der Waals surface area (Å²) in [6.07, 6.45) is 2.19. The van der Waals surface area contributed by atoms with Crippen molar-refractivity contribution in [3.63, 3.8) is 0 Å². The Hall–Kier alpha value is -3.03. The Morgan fingerprint density at radius 1 is 1.06 bits per heavy atom. The molecule has 0 aliphatic carbocycles. The van der Waals surface area contributed by atoms with E-state index in [2.05, 4.69) is 5.32 Å². The molecule has 2 aliphatic heterocycles. The van der Waals surface area contributed by atoms with Gasteiger partial charge in [0.1, 0.15) is 25.6 Å². The van der Waals surface area contributed by atoms with E-state index < -0.39 is 0 Å². The van der Waals surface area contributed by atoms with Crippen LogP contribution in [0.1, 0.15) is 28.1 Å². The van der Waals surface area contributed by atoms with Crippen molar-refractivity contribution in [1.29, 1.82) is 0 Å². The topological polar surface area (TPSA) is 66.0 Å². The second kappa shape index (κ2) is 9.22. The third-order valence-corrected chi connectivity index (χ3v) is 6.62. The van der Waals surface area contributed by atoms with Gasteiger partial charge in [0.2, 0.25) is 0 Å². The fourth-order valence-corrected chi connectivity index (χ4v) is 4.70. The number of hydrogen-bond donors (Lipinski definition) is 1. The lowest BCUT2D eigenvalue weighted by molar-refractivity contribution is 0.0681. The molecule has 2 aliphatic rings. The van der Waals surface area contributed by atoms with Crippen molar-refractivity contribution in [2.24, 2.45) is 0 Å². The number of aryl methyl sites for hydroxylation is 1. The lowest BCUT2D eigenvalue weighted by Gasteiger charge is -2.18. The highest BCUT2D eigenvalue weighted by Gasteiger charge is 2.19. The first kappa shape index (κ1) is 20.8. The van der Waals surface area contributed by atoms with E-state index in [1.165, 1.54) is 11.3 Å². The van der Waals surface area contributed by atoms with Gasteiger partial charge in [-0.05, 0) is 73.4 Å². The van der Waals surface area contributed by atoms with Crippen LogP contribution >= 0.6 is 11.3 Å². The zero-order chi connectivity index (χ0) is 21.9. The summed E-state index contributed by atoms with van der Waals surface area (Å²) in [6.45, 7) is 4.38. The van der Waals surface area contributed by atoms with Crippen molar-refractivity contribution >= 4 is 22.9 Å². The standard InChI is InChI=1S/C25H25NO5S/c1-16-4-6-19(21(13-16)31-15-18-3-2-10-28-18)26-25(27)24-9-8-23(32-24)17-5-7-20-22(14-17)30-12-11-29-20/h4-9,13-14,18H,2-3,10-12,15H2,1H3,(H,26,27). The number of ether oxygens (including phenoxy) is 4. The average Bonchev–Trinajstić information content (AvgIpc) is 3.51. The summed E-state index contributed by atoms with van der Waals surface area (Å²) in [5.74, 6) is 1.99. The Bertz CT molecular complexity index is 1120. The molecule has 2 aromatic carbocycles. The molecule has 3 aromatic rings. The Balaban J connectivity index is 1.30. The third kappa shape index (κ3) is 4.59. The quantitative estimate of drug-likeness (QED) is 0.551. The van der Waals surface area contributed by atoms with Crippen LogP contribution in [0.2, 0.25) is 0 Å². The van der Waals surface area contributed by atoms with E-state index >= 15 is 0 Å². The Labute approximate surface area is 191 Å². The van der Waals surface area contributed by atoms with Crippen LogP contribution in [0.25, 0.3) is 10.4 Å². The van der Waals surface area contributed by atoms with Crippen molar-refractivity contribution in [3.8, 4) is 27.7 Å². The van der Waals surface area contributed by atoms with Gasteiger partial charge in [-0.15, -0.1) is 11.3 Å². The summed E-state index contributed by atoms with van der Waals surface area (Å²) >= 11 is 1.44. The molecule has 1 unspecified atom stereocenters. The van der Waals surface area contributed by atoms with Crippen LogP contribution in [-0.4, -0.2) is 38.4 Å². The normalized spacial score (nSPS) is 17.2. The van der Waals surface area contributed by atoms with Crippen LogP contribution in [0, 0.1) is 6.92 Å². The summed E-state index contributed by atoms with van der Waals surface area (Å²) in [5.41, 5.74) is 2.73. The molecule has 6 nitrogen and oxygen atoms in total. The predicted octanol–water partition coefficient (Wildman–Crippen LogP) is 5.30. The number of hydrogen-bond acceptors (Lipinski definition) is 6. The van der Waals surface area contributed by atoms with Gasteiger partial charge < -0.3 is 24.3 Å². The monoisotopic (exact) mass is 451 g/mol. The maximum Gasteiger partial charge on any atom is 0.265 e. The van der Waals surface area contributed by atoms with Crippen molar-refractivity contribution in [1.82, 2.24) is 0 Å². The summed E-state index contributed by atoms with van der Waals surface area (Å²) in [4.78, 5) is 14.6. The van der Waals surface area contributed by atoms with Crippen LogP contribution in [-0.2, 0) is 4.74 Å². The van der Waals surface area contributed by atoms with Gasteiger partial charge in [-0.1, -0.05) is 6.07 Å². The minimum Gasteiger partial charge on any atom is -0.489 e. The SMILES string of the molecule is Cc1ccc(NC(=O)c2ccc(-c3ccc4c(c3)OCCO4)s2)c(OCC2CCCO2)c1. The van der Waals surface area contributed by atoms with Crippen molar-refractivity contribution in [2.75, 3.05) is 31.7 Å². The van der Waals surface area contributed by atoms with Gasteiger partial charge in [-0.2, -0.15) is 0 Å². The van der Waals surface area contributed by atoms with E-state index in [0.717, 1.165) is 47.0 Å². The molecule has 1 fully saturated rings. The summed E-state index contributed by atoms with van der Waals surface area (Å²) in [7, 11) is 0. The van der Waals surface area contributed by atoms with Crippen LogP contribution in [0.15, 0.2) is 48.5 Å². The van der Waals surface area contributed by atoms with Gasteiger partial charge in [0.25, 0.3) is 5.91 Å². The zero-order valence-electron chi connectivity index (χ0n) is 17.9. The lowest BCUT2D eigenvalue weighted by atomic mass is 10.1. The van der Waals surface area contributed by atoms with Crippen LogP contribution in [0.3, 0.4) is 0 Å². The minimum atomic E-state index is -0.162. The third-order valence-electron chi connectivity index (χ3n) is 5.49. The number of amides is 1. The Morgan fingerprint density at radius 2 is 1.94 bits per heavy atom. The molecular formula is C25H25NO5S. The van der Waals surface area contributed by atoms with E-state index in [4.69, 9.17) is 18.9 Å². The molecule has 7 heteroatoms. The largest absolute Gasteiger partial charge is 0.489 e. The number of benzene rings is 2. The maximum atomic E-state index is 13.0. The molecule has 1 atom stereocenters. The van der Waals surface area contributed by atoms with E-state index in [1.807, 2.05) is 55.5 Å². The molecular weight excluding hydrogens is 426 g/mol. The number of fused-ring (bicyclic) bond motifs is 1.